The van der Waals surface area contributed by atoms with E-state index in [1.54, 1.807) is 0 Å². The molecule has 1 N–H and O–H groups in total. The van der Waals surface area contributed by atoms with Crippen LogP contribution in [0.2, 0.25) is 0 Å². The molecule has 0 aliphatic carbocycles. The standard InChI is InChI=1S/C19H21BrN2O3/c1-13(19(23)21-15-9-7-14(20)8-10-15)22(2)11-16-12-24-17-5-3-4-6-18(17)25-16/h3-10,13,16H,11-12H2,1-2H3,(H,21,23)/t13-,16-/m1/s1. The third-order valence-electron chi connectivity index (χ3n) is 4.21. The van der Waals surface area contributed by atoms with Gasteiger partial charge in [-0.3, -0.25) is 9.69 Å². The number of halogens is 1. The van der Waals surface area contributed by atoms with Gasteiger partial charge >= 0.3 is 0 Å². The quantitative estimate of drug-likeness (QED) is 0.827. The summed E-state index contributed by atoms with van der Waals surface area (Å²) in [5, 5.41) is 2.93. The third kappa shape index (κ3) is 4.52. The zero-order valence-electron chi connectivity index (χ0n) is 14.2. The zero-order valence-corrected chi connectivity index (χ0v) is 15.8. The fourth-order valence-electron chi connectivity index (χ4n) is 2.61. The average molecular weight is 405 g/mol. The van der Waals surface area contributed by atoms with E-state index in [0.717, 1.165) is 21.7 Å². The van der Waals surface area contributed by atoms with Crippen molar-refractivity contribution in [3.05, 3.63) is 53.0 Å². The van der Waals surface area contributed by atoms with Crippen LogP contribution >= 0.6 is 15.9 Å². The first-order valence-corrected chi connectivity index (χ1v) is 8.97. The number of hydrogen-bond donors (Lipinski definition) is 1. The molecule has 2 atom stereocenters. The van der Waals surface area contributed by atoms with Crippen molar-refractivity contribution in [2.24, 2.45) is 0 Å². The van der Waals surface area contributed by atoms with Crippen LogP contribution < -0.4 is 14.8 Å². The Hall–Kier alpha value is -2.05. The molecule has 1 aliphatic heterocycles. The van der Waals surface area contributed by atoms with Gasteiger partial charge < -0.3 is 14.8 Å². The van der Waals surface area contributed by atoms with Crippen LogP contribution in [0.5, 0.6) is 11.5 Å². The lowest BCUT2D eigenvalue weighted by molar-refractivity contribution is -0.120. The maximum atomic E-state index is 12.4. The molecule has 2 aromatic rings. The second kappa shape index (κ2) is 7.89. The molecule has 0 fully saturated rings. The third-order valence-corrected chi connectivity index (χ3v) is 4.74. The molecule has 0 saturated heterocycles. The van der Waals surface area contributed by atoms with Gasteiger partial charge in [-0.25, -0.2) is 0 Å². The number of ether oxygens (including phenoxy) is 2. The zero-order chi connectivity index (χ0) is 17.8. The van der Waals surface area contributed by atoms with Gasteiger partial charge in [-0.05, 0) is 50.4 Å². The lowest BCUT2D eigenvalue weighted by atomic mass is 10.2. The van der Waals surface area contributed by atoms with Crippen molar-refractivity contribution in [2.75, 3.05) is 25.5 Å². The van der Waals surface area contributed by atoms with Crippen molar-refractivity contribution in [3.8, 4) is 11.5 Å². The van der Waals surface area contributed by atoms with E-state index in [9.17, 15) is 4.79 Å². The van der Waals surface area contributed by atoms with E-state index in [4.69, 9.17) is 9.47 Å². The minimum absolute atomic E-state index is 0.0537. The Bertz CT molecular complexity index is 736. The Morgan fingerprint density at radius 2 is 1.92 bits per heavy atom. The van der Waals surface area contributed by atoms with E-state index in [1.165, 1.54) is 0 Å². The number of anilines is 1. The first kappa shape index (κ1) is 17.8. The van der Waals surface area contributed by atoms with Crippen LogP contribution in [0, 0.1) is 0 Å². The summed E-state index contributed by atoms with van der Waals surface area (Å²) in [5.74, 6) is 1.46. The molecule has 0 radical (unpaired) electrons. The highest BCUT2D eigenvalue weighted by atomic mass is 79.9. The van der Waals surface area contributed by atoms with Gasteiger partial charge in [0.2, 0.25) is 5.91 Å². The number of benzene rings is 2. The lowest BCUT2D eigenvalue weighted by Gasteiger charge is -2.31. The maximum absolute atomic E-state index is 12.4. The van der Waals surface area contributed by atoms with Crippen LogP contribution in [0.4, 0.5) is 5.69 Å². The highest BCUT2D eigenvalue weighted by molar-refractivity contribution is 9.10. The maximum Gasteiger partial charge on any atom is 0.241 e. The van der Waals surface area contributed by atoms with E-state index >= 15 is 0 Å². The van der Waals surface area contributed by atoms with E-state index in [0.29, 0.717) is 13.2 Å². The van der Waals surface area contributed by atoms with Crippen molar-refractivity contribution in [2.45, 2.75) is 19.1 Å². The van der Waals surface area contributed by atoms with Crippen molar-refractivity contribution in [3.63, 3.8) is 0 Å². The summed E-state index contributed by atoms with van der Waals surface area (Å²) in [6, 6.07) is 14.9. The number of carbonyl (C=O) groups is 1. The van der Waals surface area contributed by atoms with Crippen LogP contribution in [0.3, 0.4) is 0 Å². The monoisotopic (exact) mass is 404 g/mol. The summed E-state index contributed by atoms with van der Waals surface area (Å²) in [4.78, 5) is 14.4. The topological polar surface area (TPSA) is 50.8 Å². The first-order chi connectivity index (χ1) is 12.0. The van der Waals surface area contributed by atoms with Gasteiger partial charge in [-0.1, -0.05) is 28.1 Å². The molecule has 5 nitrogen and oxygen atoms in total. The number of likely N-dealkylation sites (N-methyl/N-ethyl adjacent to an activating group) is 1. The average Bonchev–Trinajstić information content (AvgIpc) is 2.62. The Morgan fingerprint density at radius 1 is 1.24 bits per heavy atom. The summed E-state index contributed by atoms with van der Waals surface area (Å²) in [5.41, 5.74) is 0.777. The predicted octanol–water partition coefficient (Wildman–Crippen LogP) is 3.55. The van der Waals surface area contributed by atoms with E-state index in [2.05, 4.69) is 21.2 Å². The highest BCUT2D eigenvalue weighted by Gasteiger charge is 2.26. The molecular formula is C19H21BrN2O3. The number of fused-ring (bicyclic) bond motifs is 1. The SMILES string of the molecule is C[C@H](C(=O)Nc1ccc(Br)cc1)N(C)C[C@@H]1COc2ccccc2O1. The summed E-state index contributed by atoms with van der Waals surface area (Å²) >= 11 is 3.38. The predicted molar refractivity (Wildman–Crippen MR) is 101 cm³/mol. The Morgan fingerprint density at radius 3 is 2.64 bits per heavy atom. The van der Waals surface area contributed by atoms with Crippen molar-refractivity contribution >= 4 is 27.5 Å². The minimum atomic E-state index is -0.288. The number of amides is 1. The summed E-state index contributed by atoms with van der Waals surface area (Å²) in [6.45, 7) is 2.96. The molecule has 0 spiro atoms. The van der Waals surface area contributed by atoms with E-state index in [1.807, 2.05) is 67.4 Å². The van der Waals surface area contributed by atoms with Crippen LogP contribution in [0.1, 0.15) is 6.92 Å². The number of para-hydroxylation sites is 2. The number of carbonyl (C=O) groups excluding carboxylic acids is 1. The Kier molecular flexibility index (Phi) is 5.60. The molecule has 1 aliphatic rings. The minimum Gasteiger partial charge on any atom is -0.486 e. The van der Waals surface area contributed by atoms with Crippen LogP contribution in [0.25, 0.3) is 0 Å². The van der Waals surface area contributed by atoms with Crippen LogP contribution in [-0.2, 0) is 4.79 Å². The Labute approximate surface area is 156 Å². The van der Waals surface area contributed by atoms with Gasteiger partial charge in [-0.15, -0.1) is 0 Å². The van der Waals surface area contributed by atoms with Crippen molar-refractivity contribution in [1.82, 2.24) is 4.90 Å². The van der Waals surface area contributed by atoms with Crippen LogP contribution in [0.15, 0.2) is 53.0 Å². The van der Waals surface area contributed by atoms with Crippen LogP contribution in [-0.4, -0.2) is 43.2 Å². The fourth-order valence-corrected chi connectivity index (χ4v) is 2.88. The second-order valence-electron chi connectivity index (χ2n) is 6.11. The number of nitrogens with zero attached hydrogens (tertiary/aromatic N) is 1. The summed E-state index contributed by atoms with van der Waals surface area (Å²) in [6.07, 6.45) is -0.108. The molecule has 0 aromatic heterocycles. The largest absolute Gasteiger partial charge is 0.486 e. The molecule has 2 aromatic carbocycles. The molecule has 25 heavy (non-hydrogen) atoms. The normalized spacial score (nSPS) is 17.2. The van der Waals surface area contributed by atoms with Gasteiger partial charge in [0.25, 0.3) is 0 Å². The first-order valence-electron chi connectivity index (χ1n) is 8.18. The second-order valence-corrected chi connectivity index (χ2v) is 7.02. The van der Waals surface area contributed by atoms with Gasteiger partial charge in [0, 0.05) is 16.7 Å². The molecular weight excluding hydrogens is 384 g/mol. The van der Waals surface area contributed by atoms with Crippen molar-refractivity contribution < 1.29 is 14.3 Å². The number of hydrogen-bond acceptors (Lipinski definition) is 4. The molecule has 1 amide bonds. The molecule has 3 rings (SSSR count). The molecule has 0 bridgehead atoms. The summed E-state index contributed by atoms with van der Waals surface area (Å²) in [7, 11) is 1.91. The van der Waals surface area contributed by atoms with Gasteiger partial charge in [0.05, 0.1) is 6.04 Å². The molecule has 1 heterocycles. The molecule has 6 heteroatoms. The van der Waals surface area contributed by atoms with Gasteiger partial charge in [0.1, 0.15) is 12.7 Å². The molecule has 0 saturated carbocycles. The molecule has 0 unspecified atom stereocenters. The van der Waals surface area contributed by atoms with Gasteiger partial charge in [-0.2, -0.15) is 0 Å². The number of rotatable bonds is 5. The molecule has 132 valence electrons. The van der Waals surface area contributed by atoms with Crippen molar-refractivity contribution in [1.29, 1.82) is 0 Å². The lowest BCUT2D eigenvalue weighted by Crippen LogP contribution is -2.46. The van der Waals surface area contributed by atoms with E-state index in [-0.39, 0.29) is 18.1 Å². The van der Waals surface area contributed by atoms with E-state index < -0.39 is 0 Å². The van der Waals surface area contributed by atoms with Gasteiger partial charge in [0.15, 0.2) is 11.5 Å². The summed E-state index contributed by atoms with van der Waals surface area (Å²) < 4.78 is 12.7. The smallest absolute Gasteiger partial charge is 0.241 e. The Balaban J connectivity index is 1.54. The number of nitrogens with one attached hydrogen (secondary N) is 1. The fraction of sp³-hybridized carbons (Fsp3) is 0.316. The highest BCUT2D eigenvalue weighted by Crippen LogP contribution is 2.31.